The zero-order chi connectivity index (χ0) is 23.9. The van der Waals surface area contributed by atoms with Crippen LogP contribution in [0.15, 0.2) is 64.6 Å². The average Bonchev–Trinajstić information content (AvgIpc) is 3.24. The molecule has 3 aromatic rings. The Morgan fingerprint density at radius 1 is 1.00 bits per heavy atom. The average molecular weight is 467 g/mol. The van der Waals surface area contributed by atoms with Crippen molar-refractivity contribution in [2.24, 2.45) is 10.9 Å². The predicted molar refractivity (Wildman–Crippen MR) is 123 cm³/mol. The lowest BCUT2D eigenvalue weighted by Crippen LogP contribution is -2.24. The Bertz CT molecular complexity index is 1310. The smallest absolute Gasteiger partial charge is 0.393 e. The van der Waals surface area contributed by atoms with E-state index in [-0.39, 0.29) is 18.2 Å². The van der Waals surface area contributed by atoms with Crippen LogP contribution in [0.4, 0.5) is 13.2 Å². The van der Waals surface area contributed by atoms with Gasteiger partial charge < -0.3 is 9.67 Å². The maximum atomic E-state index is 12.9. The number of fused-ring (bicyclic) bond motifs is 1. The van der Waals surface area contributed by atoms with Gasteiger partial charge in [-0.3, -0.25) is 14.8 Å². The number of aliphatic imine (C=N–C) groups is 1. The first kappa shape index (κ1) is 22.5. The van der Waals surface area contributed by atoms with E-state index in [1.165, 1.54) is 16.7 Å². The highest BCUT2D eigenvalue weighted by Gasteiger charge is 2.32. The minimum Gasteiger partial charge on any atom is -0.393 e. The number of aromatic nitrogens is 2. The van der Waals surface area contributed by atoms with E-state index < -0.39 is 11.9 Å². The molecule has 0 amide bonds. The number of benzene rings is 1. The normalized spacial score (nSPS) is 20.2. The first-order valence-electron chi connectivity index (χ1n) is 11.4. The molecule has 0 bridgehead atoms. The zero-order valence-electron chi connectivity index (χ0n) is 18.4. The van der Waals surface area contributed by atoms with Crippen LogP contribution in [0.3, 0.4) is 0 Å². The molecule has 0 unspecified atom stereocenters. The first-order valence-corrected chi connectivity index (χ1v) is 11.4. The minimum absolute atomic E-state index is 0.0270. The molecule has 176 valence electrons. The molecule has 1 saturated carbocycles. The SMILES string of the molecule is O=c1cc(-c2ccc3c(c2)C(C2CCC(O)CC2)=NC3)ccn1Cc1ccnc(C(F)(F)F)c1. The van der Waals surface area contributed by atoms with E-state index >= 15 is 0 Å². The zero-order valence-corrected chi connectivity index (χ0v) is 18.4. The number of rotatable bonds is 4. The van der Waals surface area contributed by atoms with Crippen LogP contribution in [0.1, 0.15) is 48.1 Å². The van der Waals surface area contributed by atoms with Gasteiger partial charge in [0.25, 0.3) is 5.56 Å². The summed E-state index contributed by atoms with van der Waals surface area (Å²) in [7, 11) is 0. The standard InChI is InChI=1S/C26H24F3N3O2/c27-26(28,29)23-11-16(7-9-30-23)15-32-10-8-19(13-24(32)34)18-1-2-20-14-31-25(22(20)12-18)17-3-5-21(33)6-4-17/h1-2,7-13,17,21,33H,3-6,14-15H2. The molecule has 1 aliphatic carbocycles. The predicted octanol–water partition coefficient (Wildman–Crippen LogP) is 4.83. The van der Waals surface area contributed by atoms with Crippen LogP contribution in [0.2, 0.25) is 0 Å². The highest BCUT2D eigenvalue weighted by molar-refractivity contribution is 6.06. The van der Waals surface area contributed by atoms with Crippen molar-refractivity contribution in [1.29, 1.82) is 0 Å². The summed E-state index contributed by atoms with van der Waals surface area (Å²) in [6.07, 6.45) is 1.39. The third-order valence-electron chi connectivity index (χ3n) is 6.69. The summed E-state index contributed by atoms with van der Waals surface area (Å²) in [6, 6.07) is 11.8. The number of aliphatic hydroxyl groups excluding tert-OH is 1. The Balaban J connectivity index is 1.38. The summed E-state index contributed by atoms with van der Waals surface area (Å²) in [6.45, 7) is 0.677. The summed E-state index contributed by atoms with van der Waals surface area (Å²) in [4.78, 5) is 20.9. The van der Waals surface area contributed by atoms with Gasteiger partial charge in [-0.15, -0.1) is 0 Å². The fourth-order valence-corrected chi connectivity index (χ4v) is 4.83. The molecule has 2 aromatic heterocycles. The monoisotopic (exact) mass is 467 g/mol. The van der Waals surface area contributed by atoms with Crippen LogP contribution in [0.25, 0.3) is 11.1 Å². The number of nitrogens with zero attached hydrogens (tertiary/aromatic N) is 3. The lowest BCUT2D eigenvalue weighted by atomic mass is 9.81. The second-order valence-electron chi connectivity index (χ2n) is 9.01. The van der Waals surface area contributed by atoms with Crippen molar-refractivity contribution in [3.63, 3.8) is 0 Å². The fourth-order valence-electron chi connectivity index (χ4n) is 4.83. The van der Waals surface area contributed by atoms with Crippen molar-refractivity contribution in [3.8, 4) is 11.1 Å². The maximum absolute atomic E-state index is 12.9. The van der Waals surface area contributed by atoms with Crippen LogP contribution in [-0.4, -0.2) is 26.5 Å². The fraction of sp³-hybridized carbons (Fsp3) is 0.346. The van der Waals surface area contributed by atoms with Crippen LogP contribution in [0, 0.1) is 5.92 Å². The number of hydrogen-bond acceptors (Lipinski definition) is 4. The highest BCUT2D eigenvalue weighted by atomic mass is 19.4. The van der Waals surface area contributed by atoms with Crippen LogP contribution in [0.5, 0.6) is 0 Å². The Morgan fingerprint density at radius 3 is 2.50 bits per heavy atom. The lowest BCUT2D eigenvalue weighted by molar-refractivity contribution is -0.141. The Morgan fingerprint density at radius 2 is 1.76 bits per heavy atom. The molecule has 2 aliphatic rings. The van der Waals surface area contributed by atoms with Crippen LogP contribution in [-0.2, 0) is 19.3 Å². The Hall–Kier alpha value is -3.26. The van der Waals surface area contributed by atoms with E-state index in [0.717, 1.165) is 65.9 Å². The Kier molecular flexibility index (Phi) is 5.85. The van der Waals surface area contributed by atoms with E-state index in [2.05, 4.69) is 11.1 Å². The van der Waals surface area contributed by atoms with Gasteiger partial charge in [-0.25, -0.2) is 0 Å². The quantitative estimate of drug-likeness (QED) is 0.598. The van der Waals surface area contributed by atoms with Gasteiger partial charge in [0.15, 0.2) is 0 Å². The molecule has 1 aliphatic heterocycles. The number of aliphatic hydroxyl groups is 1. The van der Waals surface area contributed by atoms with Gasteiger partial charge in [-0.05, 0) is 72.2 Å². The van der Waals surface area contributed by atoms with E-state index in [4.69, 9.17) is 4.99 Å². The van der Waals surface area contributed by atoms with Gasteiger partial charge in [0.05, 0.1) is 19.2 Å². The van der Waals surface area contributed by atoms with Gasteiger partial charge in [0, 0.05) is 35.7 Å². The van der Waals surface area contributed by atoms with E-state index in [1.54, 1.807) is 12.3 Å². The van der Waals surface area contributed by atoms with Crippen molar-refractivity contribution >= 4 is 5.71 Å². The molecular formula is C26H24F3N3O2. The third-order valence-corrected chi connectivity index (χ3v) is 6.69. The molecule has 0 radical (unpaired) electrons. The highest BCUT2D eigenvalue weighted by Crippen LogP contribution is 2.34. The molecule has 0 atom stereocenters. The number of pyridine rings is 2. The molecule has 8 heteroatoms. The molecule has 0 saturated heterocycles. The molecule has 1 N–H and O–H groups in total. The number of hydrogen-bond donors (Lipinski definition) is 1. The van der Waals surface area contributed by atoms with Crippen molar-refractivity contribution in [3.05, 3.63) is 87.6 Å². The molecule has 5 rings (SSSR count). The summed E-state index contributed by atoms with van der Waals surface area (Å²) in [5.74, 6) is 0.342. The summed E-state index contributed by atoms with van der Waals surface area (Å²) < 4.78 is 40.2. The van der Waals surface area contributed by atoms with Gasteiger partial charge >= 0.3 is 6.18 Å². The summed E-state index contributed by atoms with van der Waals surface area (Å²) >= 11 is 0. The maximum Gasteiger partial charge on any atom is 0.433 e. The van der Waals surface area contributed by atoms with Crippen LogP contribution >= 0.6 is 0 Å². The van der Waals surface area contributed by atoms with E-state index in [1.807, 2.05) is 12.1 Å². The minimum atomic E-state index is -4.53. The Labute approximate surface area is 194 Å². The van der Waals surface area contributed by atoms with E-state index in [0.29, 0.717) is 18.0 Å². The van der Waals surface area contributed by atoms with Crippen LogP contribution < -0.4 is 5.56 Å². The van der Waals surface area contributed by atoms with Crippen molar-refractivity contribution in [2.45, 2.75) is 51.1 Å². The molecule has 1 fully saturated rings. The van der Waals surface area contributed by atoms with Gasteiger partial charge in [0.1, 0.15) is 5.69 Å². The molecular weight excluding hydrogens is 443 g/mol. The van der Waals surface area contributed by atoms with Crippen molar-refractivity contribution < 1.29 is 18.3 Å². The topological polar surface area (TPSA) is 67.5 Å². The second kappa shape index (κ2) is 8.83. The van der Waals surface area contributed by atoms with E-state index in [9.17, 15) is 23.1 Å². The summed E-state index contributed by atoms with van der Waals surface area (Å²) in [5, 5.41) is 9.82. The van der Waals surface area contributed by atoms with Gasteiger partial charge in [-0.1, -0.05) is 12.1 Å². The second-order valence-corrected chi connectivity index (χ2v) is 9.01. The van der Waals surface area contributed by atoms with Crippen molar-refractivity contribution in [1.82, 2.24) is 9.55 Å². The molecule has 34 heavy (non-hydrogen) atoms. The molecule has 1 aromatic carbocycles. The number of halogens is 3. The lowest BCUT2D eigenvalue weighted by Gasteiger charge is -2.26. The van der Waals surface area contributed by atoms with Gasteiger partial charge in [-0.2, -0.15) is 13.2 Å². The first-order chi connectivity index (χ1) is 16.3. The molecule has 3 heterocycles. The largest absolute Gasteiger partial charge is 0.433 e. The molecule has 0 spiro atoms. The molecule has 5 nitrogen and oxygen atoms in total. The number of alkyl halides is 3. The third kappa shape index (κ3) is 4.55. The van der Waals surface area contributed by atoms with Gasteiger partial charge in [0.2, 0.25) is 0 Å². The van der Waals surface area contributed by atoms with Crippen molar-refractivity contribution in [2.75, 3.05) is 0 Å². The summed E-state index contributed by atoms with van der Waals surface area (Å²) in [5.41, 5.74) is 4.10.